The third-order valence-corrected chi connectivity index (χ3v) is 4.56. The molecule has 0 heterocycles. The van der Waals surface area contributed by atoms with Crippen LogP contribution in [0.25, 0.3) is 0 Å². The summed E-state index contributed by atoms with van der Waals surface area (Å²) >= 11 is 5.83. The number of hydrogen-bond acceptors (Lipinski definition) is 3. The first-order valence-corrected chi connectivity index (χ1v) is 9.47. The third-order valence-electron chi connectivity index (χ3n) is 4.31. The average molecular weight is 388 g/mol. The van der Waals surface area contributed by atoms with Crippen molar-refractivity contribution in [1.29, 1.82) is 0 Å². The highest BCUT2D eigenvalue weighted by Gasteiger charge is 2.23. The van der Waals surface area contributed by atoms with Crippen LogP contribution in [-0.2, 0) is 9.59 Å². The summed E-state index contributed by atoms with van der Waals surface area (Å²) in [7, 11) is 1.93. The fraction of sp³-hybridized carbons (Fsp3) is 0.333. The molecule has 2 N–H and O–H groups in total. The molecule has 5 nitrogen and oxygen atoms in total. The van der Waals surface area contributed by atoms with Crippen LogP contribution in [0.5, 0.6) is 0 Å². The summed E-state index contributed by atoms with van der Waals surface area (Å²) in [5.41, 5.74) is 1.67. The van der Waals surface area contributed by atoms with E-state index in [1.807, 2.05) is 49.2 Å². The lowest BCUT2D eigenvalue weighted by Crippen LogP contribution is -2.39. The van der Waals surface area contributed by atoms with Crippen LogP contribution in [0.3, 0.4) is 0 Å². The number of likely N-dealkylation sites (N-methyl/N-ethyl adjacent to an activating group) is 1. The lowest BCUT2D eigenvalue weighted by molar-refractivity contribution is -0.126. The van der Waals surface area contributed by atoms with Gasteiger partial charge in [-0.2, -0.15) is 0 Å². The second-order valence-corrected chi connectivity index (χ2v) is 6.77. The zero-order valence-corrected chi connectivity index (χ0v) is 16.5. The topological polar surface area (TPSA) is 61.4 Å². The molecular weight excluding hydrogens is 362 g/mol. The largest absolute Gasteiger partial charge is 0.354 e. The summed E-state index contributed by atoms with van der Waals surface area (Å²) in [6.45, 7) is 3.23. The summed E-state index contributed by atoms with van der Waals surface area (Å²) in [6, 6.07) is 16.3. The summed E-state index contributed by atoms with van der Waals surface area (Å²) in [4.78, 5) is 26.6. The molecule has 0 aliphatic heterocycles. The van der Waals surface area contributed by atoms with Crippen molar-refractivity contribution in [2.45, 2.75) is 25.8 Å². The molecule has 0 bridgehead atoms. The van der Waals surface area contributed by atoms with Gasteiger partial charge >= 0.3 is 0 Å². The summed E-state index contributed by atoms with van der Waals surface area (Å²) in [5, 5.41) is 6.39. The number of amides is 2. The first-order chi connectivity index (χ1) is 13.0. The molecule has 2 rings (SSSR count). The normalized spacial score (nSPS) is 11.9. The van der Waals surface area contributed by atoms with Crippen LogP contribution in [0.15, 0.2) is 54.6 Å². The van der Waals surface area contributed by atoms with E-state index in [-0.39, 0.29) is 17.9 Å². The molecule has 6 heteroatoms. The smallest absolute Gasteiger partial charge is 0.241 e. The molecule has 0 fully saturated rings. The number of benzene rings is 2. The first kappa shape index (κ1) is 20.9. The number of rotatable bonds is 9. The minimum absolute atomic E-state index is 0.0522. The Morgan fingerprint density at radius 3 is 2.37 bits per heavy atom. The number of halogens is 1. The van der Waals surface area contributed by atoms with Gasteiger partial charge in [-0.1, -0.05) is 48.9 Å². The molecule has 0 saturated heterocycles. The van der Waals surface area contributed by atoms with E-state index < -0.39 is 0 Å². The fourth-order valence-electron chi connectivity index (χ4n) is 2.74. The Balaban J connectivity index is 1.79. The van der Waals surface area contributed by atoms with E-state index in [4.69, 9.17) is 11.6 Å². The van der Waals surface area contributed by atoms with Crippen LogP contribution in [0.1, 0.15) is 31.4 Å². The summed E-state index contributed by atoms with van der Waals surface area (Å²) in [6.07, 6.45) is 0.908. The van der Waals surface area contributed by atoms with Crippen molar-refractivity contribution in [3.63, 3.8) is 0 Å². The maximum Gasteiger partial charge on any atom is 0.241 e. The number of carbonyl (C=O) groups is 2. The summed E-state index contributed by atoms with van der Waals surface area (Å²) in [5.74, 6) is -0.138. The molecule has 0 spiro atoms. The Morgan fingerprint density at radius 2 is 1.74 bits per heavy atom. The Bertz CT molecular complexity index is 735. The number of nitrogens with one attached hydrogen (secondary N) is 2. The van der Waals surface area contributed by atoms with Crippen molar-refractivity contribution in [3.05, 3.63) is 65.2 Å². The zero-order chi connectivity index (χ0) is 19.6. The molecule has 144 valence electrons. The Kier molecular flexibility index (Phi) is 8.30. The lowest BCUT2D eigenvalue weighted by atomic mass is 10.0. The first-order valence-electron chi connectivity index (χ1n) is 9.09. The SMILES string of the molecule is CCN(C)C(C(=O)NCCCC(=O)Nc1ccc(Cl)cc1)c1ccccc1. The Morgan fingerprint density at radius 1 is 1.07 bits per heavy atom. The average Bonchev–Trinajstić information content (AvgIpc) is 2.68. The molecule has 1 unspecified atom stereocenters. The fourth-order valence-corrected chi connectivity index (χ4v) is 2.86. The molecule has 2 aromatic rings. The molecule has 0 radical (unpaired) electrons. The van der Waals surface area contributed by atoms with Gasteiger partial charge in [-0.3, -0.25) is 14.5 Å². The van der Waals surface area contributed by atoms with E-state index in [0.29, 0.717) is 30.1 Å². The highest BCUT2D eigenvalue weighted by Crippen LogP contribution is 2.19. The highest BCUT2D eigenvalue weighted by molar-refractivity contribution is 6.30. The van der Waals surface area contributed by atoms with Gasteiger partial charge in [0.2, 0.25) is 11.8 Å². The predicted molar refractivity (Wildman–Crippen MR) is 110 cm³/mol. The highest BCUT2D eigenvalue weighted by atomic mass is 35.5. The van der Waals surface area contributed by atoms with E-state index in [0.717, 1.165) is 12.1 Å². The van der Waals surface area contributed by atoms with Gasteiger partial charge in [0.1, 0.15) is 6.04 Å². The predicted octanol–water partition coefficient (Wildman–Crippen LogP) is 3.87. The van der Waals surface area contributed by atoms with E-state index in [1.54, 1.807) is 24.3 Å². The van der Waals surface area contributed by atoms with E-state index in [1.165, 1.54) is 0 Å². The van der Waals surface area contributed by atoms with E-state index in [2.05, 4.69) is 10.6 Å². The molecule has 0 aliphatic rings. The minimum atomic E-state index is -0.334. The molecular formula is C21H26ClN3O2. The van der Waals surface area contributed by atoms with Crippen LogP contribution in [-0.4, -0.2) is 36.9 Å². The van der Waals surface area contributed by atoms with Gasteiger partial charge in [0, 0.05) is 23.7 Å². The van der Waals surface area contributed by atoms with Crippen molar-refractivity contribution in [2.24, 2.45) is 0 Å². The number of anilines is 1. The van der Waals surface area contributed by atoms with Crippen molar-refractivity contribution >= 4 is 29.1 Å². The number of nitrogens with zero attached hydrogens (tertiary/aromatic N) is 1. The molecule has 0 aliphatic carbocycles. The van der Waals surface area contributed by atoms with Crippen LogP contribution in [0.4, 0.5) is 5.69 Å². The molecule has 27 heavy (non-hydrogen) atoms. The van der Waals surface area contributed by atoms with Gasteiger partial charge in [0.05, 0.1) is 0 Å². The van der Waals surface area contributed by atoms with Crippen molar-refractivity contribution in [1.82, 2.24) is 10.2 Å². The molecule has 2 aromatic carbocycles. The maximum absolute atomic E-state index is 12.6. The Labute approximate surface area is 165 Å². The molecule has 1 atom stereocenters. The second kappa shape index (κ2) is 10.7. The van der Waals surface area contributed by atoms with Crippen LogP contribution >= 0.6 is 11.6 Å². The third kappa shape index (κ3) is 6.70. The second-order valence-electron chi connectivity index (χ2n) is 6.34. The molecule has 0 aromatic heterocycles. The standard InChI is InChI=1S/C21H26ClN3O2/c1-3-25(2)20(16-8-5-4-6-9-16)21(27)23-15-7-10-19(26)24-18-13-11-17(22)12-14-18/h4-6,8-9,11-14,20H,3,7,10,15H2,1-2H3,(H,23,27)(H,24,26). The van der Waals surface area contributed by atoms with Crippen LogP contribution in [0.2, 0.25) is 5.02 Å². The van der Waals surface area contributed by atoms with Crippen molar-refractivity contribution in [3.8, 4) is 0 Å². The molecule has 0 saturated carbocycles. The van der Waals surface area contributed by atoms with Crippen molar-refractivity contribution < 1.29 is 9.59 Å². The van der Waals surface area contributed by atoms with E-state index >= 15 is 0 Å². The van der Waals surface area contributed by atoms with Gasteiger partial charge in [-0.25, -0.2) is 0 Å². The van der Waals surface area contributed by atoms with Crippen molar-refractivity contribution in [2.75, 3.05) is 25.5 Å². The minimum Gasteiger partial charge on any atom is -0.354 e. The van der Waals surface area contributed by atoms with Crippen LogP contribution < -0.4 is 10.6 Å². The van der Waals surface area contributed by atoms with E-state index in [9.17, 15) is 9.59 Å². The quantitative estimate of drug-likeness (QED) is 0.642. The van der Waals surface area contributed by atoms with Crippen LogP contribution in [0, 0.1) is 0 Å². The number of carbonyl (C=O) groups excluding carboxylic acids is 2. The monoisotopic (exact) mass is 387 g/mol. The van der Waals surface area contributed by atoms with Gasteiger partial charge in [0.25, 0.3) is 0 Å². The van der Waals surface area contributed by atoms with Gasteiger partial charge < -0.3 is 10.6 Å². The molecule has 2 amide bonds. The van der Waals surface area contributed by atoms with Gasteiger partial charge in [0.15, 0.2) is 0 Å². The van der Waals surface area contributed by atoms with Gasteiger partial charge in [-0.05, 0) is 49.8 Å². The maximum atomic E-state index is 12.6. The summed E-state index contributed by atoms with van der Waals surface area (Å²) < 4.78 is 0. The zero-order valence-electron chi connectivity index (χ0n) is 15.7. The Hall–Kier alpha value is -2.37. The number of hydrogen-bond donors (Lipinski definition) is 2. The lowest BCUT2D eigenvalue weighted by Gasteiger charge is -2.26. The van der Waals surface area contributed by atoms with Gasteiger partial charge in [-0.15, -0.1) is 0 Å².